The van der Waals surface area contributed by atoms with Crippen LogP contribution in [0.15, 0.2) is 90.3 Å². The summed E-state index contributed by atoms with van der Waals surface area (Å²) in [6.45, 7) is 3.70. The van der Waals surface area contributed by atoms with E-state index in [2.05, 4.69) is 21.0 Å². The van der Waals surface area contributed by atoms with E-state index in [1.165, 1.54) is 25.4 Å². The highest BCUT2D eigenvalue weighted by Crippen LogP contribution is 2.38. The van der Waals surface area contributed by atoms with E-state index in [1.54, 1.807) is 48.0 Å². The number of allylic oxidation sites excluding steroid dienone is 1. The van der Waals surface area contributed by atoms with Gasteiger partial charge in [-0.05, 0) is 61.4 Å². The fourth-order valence-corrected chi connectivity index (χ4v) is 4.53. The molecule has 0 unspecified atom stereocenters. The number of hydrogen-bond acceptors (Lipinski definition) is 5. The van der Waals surface area contributed by atoms with Gasteiger partial charge in [0.25, 0.3) is 11.8 Å². The van der Waals surface area contributed by atoms with E-state index in [0.29, 0.717) is 45.3 Å². The van der Waals surface area contributed by atoms with Crippen molar-refractivity contribution in [3.05, 3.63) is 113 Å². The quantitative estimate of drug-likeness (QED) is 0.317. The molecule has 2 heterocycles. The molecule has 5 rings (SSSR count). The Balaban J connectivity index is 1.54. The van der Waals surface area contributed by atoms with Gasteiger partial charge in [-0.1, -0.05) is 36.4 Å². The largest absolute Gasteiger partial charge is 0.495 e. The molecule has 2 amide bonds. The van der Waals surface area contributed by atoms with Crippen molar-refractivity contribution in [1.29, 1.82) is 0 Å². The van der Waals surface area contributed by atoms with Crippen LogP contribution >= 0.6 is 0 Å². The second kappa shape index (κ2) is 10.2. The number of aromatic nitrogens is 2. The molecule has 1 aromatic heterocycles. The van der Waals surface area contributed by atoms with Crippen LogP contribution in [0.2, 0.25) is 0 Å². The second-order valence-electron chi connectivity index (χ2n) is 8.95. The summed E-state index contributed by atoms with van der Waals surface area (Å²) in [5.74, 6) is -0.202. The van der Waals surface area contributed by atoms with Gasteiger partial charge >= 0.3 is 0 Å². The lowest BCUT2D eigenvalue weighted by atomic mass is 9.94. The average molecular weight is 512 g/mol. The fraction of sp³-hybridized carbons (Fsp3) is 0.138. The van der Waals surface area contributed by atoms with Gasteiger partial charge in [0, 0.05) is 11.4 Å². The number of halogens is 1. The molecule has 0 spiro atoms. The van der Waals surface area contributed by atoms with Crippen molar-refractivity contribution < 1.29 is 18.7 Å². The predicted octanol–water partition coefficient (Wildman–Crippen LogP) is 5.52. The van der Waals surface area contributed by atoms with Crippen LogP contribution in [0.5, 0.6) is 5.75 Å². The van der Waals surface area contributed by atoms with Gasteiger partial charge in [0.1, 0.15) is 29.0 Å². The Hall–Kier alpha value is -4.92. The third-order valence-electron chi connectivity index (χ3n) is 6.33. The molecule has 0 bridgehead atoms. The summed E-state index contributed by atoms with van der Waals surface area (Å²) in [7, 11) is 1.53. The van der Waals surface area contributed by atoms with E-state index in [0.717, 1.165) is 5.56 Å². The Morgan fingerprint density at radius 1 is 0.974 bits per heavy atom. The van der Waals surface area contributed by atoms with Crippen molar-refractivity contribution in [2.24, 2.45) is 0 Å². The van der Waals surface area contributed by atoms with E-state index >= 15 is 0 Å². The van der Waals surface area contributed by atoms with Gasteiger partial charge in [-0.15, -0.1) is 0 Å². The lowest BCUT2D eigenvalue weighted by Gasteiger charge is -2.30. The zero-order valence-corrected chi connectivity index (χ0v) is 21.1. The number of nitrogens with one attached hydrogen (secondary N) is 3. The second-order valence-corrected chi connectivity index (χ2v) is 8.95. The highest BCUT2D eigenvalue weighted by atomic mass is 19.1. The highest BCUT2D eigenvalue weighted by Gasteiger charge is 2.35. The molecule has 3 N–H and O–H groups in total. The molecule has 3 aromatic carbocycles. The van der Waals surface area contributed by atoms with Crippen molar-refractivity contribution in [3.63, 3.8) is 0 Å². The summed E-state index contributed by atoms with van der Waals surface area (Å²) in [6, 6.07) is 19.7. The van der Waals surface area contributed by atoms with Crippen LogP contribution in [-0.4, -0.2) is 28.7 Å². The van der Waals surface area contributed by atoms with E-state index in [1.807, 2.05) is 31.2 Å². The van der Waals surface area contributed by atoms with E-state index in [9.17, 15) is 14.0 Å². The number of carbonyl (C=O) groups excluding carboxylic acids is 2. The van der Waals surface area contributed by atoms with Crippen LogP contribution in [0.4, 0.5) is 21.6 Å². The van der Waals surface area contributed by atoms with Crippen LogP contribution < -0.4 is 20.7 Å². The minimum atomic E-state index is -0.720. The Morgan fingerprint density at radius 3 is 2.47 bits per heavy atom. The van der Waals surface area contributed by atoms with Crippen LogP contribution in [-0.2, 0) is 4.79 Å². The summed E-state index contributed by atoms with van der Waals surface area (Å²) in [5.41, 5.74) is 4.01. The van der Waals surface area contributed by atoms with E-state index in [-0.39, 0.29) is 11.8 Å². The lowest BCUT2D eigenvalue weighted by molar-refractivity contribution is -0.113. The maximum Gasteiger partial charge on any atom is 0.261 e. The summed E-state index contributed by atoms with van der Waals surface area (Å²) < 4.78 is 20.8. The first-order valence-corrected chi connectivity index (χ1v) is 12.0. The van der Waals surface area contributed by atoms with Crippen LogP contribution in [0.25, 0.3) is 0 Å². The molecule has 0 saturated heterocycles. The molecule has 1 atom stereocenters. The Bertz CT molecular complexity index is 1560. The molecule has 0 radical (unpaired) electrons. The summed E-state index contributed by atoms with van der Waals surface area (Å²) in [6.07, 6.45) is 1.46. The first-order chi connectivity index (χ1) is 18.4. The van der Waals surface area contributed by atoms with Crippen LogP contribution in [0.3, 0.4) is 0 Å². The Kier molecular flexibility index (Phi) is 6.66. The molecule has 4 aromatic rings. The molecule has 0 saturated carbocycles. The molecule has 0 aliphatic carbocycles. The molecule has 192 valence electrons. The van der Waals surface area contributed by atoms with Gasteiger partial charge in [0.15, 0.2) is 0 Å². The lowest BCUT2D eigenvalue weighted by Crippen LogP contribution is -2.32. The number of amides is 2. The number of ether oxygens (including phenoxy) is 1. The number of anilines is 3. The van der Waals surface area contributed by atoms with Crippen molar-refractivity contribution in [2.75, 3.05) is 23.1 Å². The minimum Gasteiger partial charge on any atom is -0.495 e. The van der Waals surface area contributed by atoms with E-state index in [4.69, 9.17) is 4.74 Å². The first-order valence-electron chi connectivity index (χ1n) is 12.0. The molecule has 8 nitrogen and oxygen atoms in total. The molecule has 9 heteroatoms. The SMILES string of the molecule is COc1ccccc1NC(=O)C1=C(C)Nc2c(C(=O)Nc3cccc(C)c3)cnn2[C@@H]1c1ccc(F)cc1. The highest BCUT2D eigenvalue weighted by molar-refractivity contribution is 6.09. The molecule has 1 aliphatic heterocycles. The number of aryl methyl sites for hydroxylation is 1. The predicted molar refractivity (Wildman–Crippen MR) is 144 cm³/mol. The number of nitrogens with zero attached hydrogens (tertiary/aromatic N) is 2. The number of benzene rings is 3. The maximum atomic E-state index is 13.8. The molecular weight excluding hydrogens is 485 g/mol. The summed E-state index contributed by atoms with van der Waals surface area (Å²) in [5, 5.41) is 13.5. The van der Waals surface area contributed by atoms with Gasteiger partial charge < -0.3 is 20.7 Å². The van der Waals surface area contributed by atoms with Gasteiger partial charge in [-0.2, -0.15) is 5.10 Å². The van der Waals surface area contributed by atoms with Crippen molar-refractivity contribution >= 4 is 29.0 Å². The number of carbonyl (C=O) groups is 2. The Labute approximate surface area is 219 Å². The number of hydrogen-bond donors (Lipinski definition) is 3. The monoisotopic (exact) mass is 511 g/mol. The van der Waals surface area contributed by atoms with Crippen molar-refractivity contribution in [3.8, 4) is 5.75 Å². The van der Waals surface area contributed by atoms with Crippen LogP contribution in [0.1, 0.15) is 34.5 Å². The third kappa shape index (κ3) is 4.73. The normalized spacial score (nSPS) is 14.4. The number of fused-ring (bicyclic) bond motifs is 1. The topological polar surface area (TPSA) is 97.3 Å². The number of rotatable bonds is 6. The molecule has 1 aliphatic rings. The summed E-state index contributed by atoms with van der Waals surface area (Å²) in [4.78, 5) is 26.9. The standard InChI is InChI=1S/C29H26FN5O3/c1-17-7-6-8-21(15-17)33-28(36)22-16-31-35-26(19-11-13-20(30)14-12-19)25(18(2)32-27(22)35)29(37)34-23-9-4-5-10-24(23)38-3/h4-16,26,32H,1-3H3,(H,33,36)(H,34,37)/t26-/m1/s1. The van der Waals surface area contributed by atoms with Gasteiger partial charge in [0.2, 0.25) is 0 Å². The Morgan fingerprint density at radius 2 is 1.74 bits per heavy atom. The first kappa shape index (κ1) is 24.8. The molecule has 38 heavy (non-hydrogen) atoms. The number of para-hydroxylation sites is 2. The average Bonchev–Trinajstić information content (AvgIpc) is 3.32. The van der Waals surface area contributed by atoms with Crippen molar-refractivity contribution in [1.82, 2.24) is 9.78 Å². The van der Waals surface area contributed by atoms with Gasteiger partial charge in [0.05, 0.1) is 24.6 Å². The third-order valence-corrected chi connectivity index (χ3v) is 6.33. The maximum absolute atomic E-state index is 13.8. The minimum absolute atomic E-state index is 0.308. The van der Waals surface area contributed by atoms with Crippen molar-refractivity contribution in [2.45, 2.75) is 19.9 Å². The summed E-state index contributed by atoms with van der Waals surface area (Å²) >= 11 is 0. The van der Waals surface area contributed by atoms with Crippen LogP contribution in [0, 0.1) is 12.7 Å². The molecule has 0 fully saturated rings. The fourth-order valence-electron chi connectivity index (χ4n) is 4.53. The van der Waals surface area contributed by atoms with Gasteiger partial charge in [-0.25, -0.2) is 9.07 Å². The molecular formula is C29H26FN5O3. The number of methoxy groups -OCH3 is 1. The zero-order valence-electron chi connectivity index (χ0n) is 21.1. The smallest absolute Gasteiger partial charge is 0.261 e. The van der Waals surface area contributed by atoms with Gasteiger partial charge in [-0.3, -0.25) is 9.59 Å². The zero-order chi connectivity index (χ0) is 26.8. The van der Waals surface area contributed by atoms with E-state index < -0.39 is 11.9 Å².